The van der Waals surface area contributed by atoms with Gasteiger partial charge in [0.15, 0.2) is 0 Å². The third kappa shape index (κ3) is 3.53. The van der Waals surface area contributed by atoms with Crippen molar-refractivity contribution in [1.29, 1.82) is 0 Å². The van der Waals surface area contributed by atoms with Gasteiger partial charge in [-0.25, -0.2) is 0 Å². The van der Waals surface area contributed by atoms with Crippen LogP contribution in [0.3, 0.4) is 0 Å². The Kier molecular flexibility index (Phi) is 5.15. The fourth-order valence-electron chi connectivity index (χ4n) is 1.29. The van der Waals surface area contributed by atoms with Gasteiger partial charge in [-0.05, 0) is 18.6 Å². The number of rotatable bonds is 6. The number of benzene rings is 1. The maximum absolute atomic E-state index is 5.67. The van der Waals surface area contributed by atoms with Crippen molar-refractivity contribution < 1.29 is 14.2 Å². The molecule has 0 atom stereocenters. The second-order valence-electron chi connectivity index (χ2n) is 3.04. The third-order valence-electron chi connectivity index (χ3n) is 2.03. The molecule has 0 N–H and O–H groups in total. The number of hydrogen-bond donors (Lipinski definition) is 0. The van der Waals surface area contributed by atoms with E-state index in [1.54, 1.807) is 14.2 Å². The maximum atomic E-state index is 5.67. The van der Waals surface area contributed by atoms with E-state index in [1.165, 1.54) is 0 Å². The molecule has 0 fully saturated rings. The van der Waals surface area contributed by atoms with Crippen molar-refractivity contribution in [3.05, 3.63) is 36.4 Å². The standard InChI is InChI=1S/C12H17O3/c1-4-11(12(13-2)14-3)15-10-8-6-5-7-9-10/h5-9,12H,4H2,1-3H3. The van der Waals surface area contributed by atoms with Gasteiger partial charge in [-0.15, -0.1) is 0 Å². The summed E-state index contributed by atoms with van der Waals surface area (Å²) in [4.78, 5) is 0. The normalized spacial score (nSPS) is 11.0. The summed E-state index contributed by atoms with van der Waals surface area (Å²) in [5.74, 6) is 0.799. The fourth-order valence-corrected chi connectivity index (χ4v) is 1.29. The molecule has 0 saturated heterocycles. The number of hydrogen-bond acceptors (Lipinski definition) is 3. The molecule has 0 aliphatic rings. The smallest absolute Gasteiger partial charge is 0.203 e. The summed E-state index contributed by atoms with van der Waals surface area (Å²) in [6.45, 7) is 2.00. The third-order valence-corrected chi connectivity index (χ3v) is 2.03. The second-order valence-corrected chi connectivity index (χ2v) is 3.04. The number of methoxy groups -OCH3 is 2. The van der Waals surface area contributed by atoms with E-state index in [9.17, 15) is 0 Å². The van der Waals surface area contributed by atoms with Gasteiger partial charge in [-0.2, -0.15) is 0 Å². The highest BCUT2D eigenvalue weighted by Crippen LogP contribution is 2.21. The molecule has 0 aliphatic carbocycles. The average Bonchev–Trinajstić information content (AvgIpc) is 2.30. The van der Waals surface area contributed by atoms with Crippen LogP contribution in [0.5, 0.6) is 5.75 Å². The first-order chi connectivity index (χ1) is 7.31. The Morgan fingerprint density at radius 2 is 1.73 bits per heavy atom. The summed E-state index contributed by atoms with van der Waals surface area (Å²) in [6.07, 6.45) is 1.11. The molecule has 1 rings (SSSR count). The van der Waals surface area contributed by atoms with Gasteiger partial charge < -0.3 is 14.2 Å². The van der Waals surface area contributed by atoms with E-state index in [0.717, 1.165) is 18.3 Å². The van der Waals surface area contributed by atoms with E-state index in [1.807, 2.05) is 37.3 Å². The molecule has 1 aromatic rings. The molecule has 0 bridgehead atoms. The van der Waals surface area contributed by atoms with Gasteiger partial charge >= 0.3 is 0 Å². The van der Waals surface area contributed by atoms with Crippen LogP contribution in [0.2, 0.25) is 0 Å². The van der Waals surface area contributed by atoms with Crippen LogP contribution in [-0.2, 0) is 9.47 Å². The van der Waals surface area contributed by atoms with Gasteiger partial charge in [0.25, 0.3) is 0 Å². The van der Waals surface area contributed by atoms with Gasteiger partial charge in [-0.1, -0.05) is 25.1 Å². The van der Waals surface area contributed by atoms with Gasteiger partial charge in [0.2, 0.25) is 12.4 Å². The highest BCUT2D eigenvalue weighted by Gasteiger charge is 2.22. The molecular formula is C12H17O3. The van der Waals surface area contributed by atoms with Gasteiger partial charge in [-0.3, -0.25) is 0 Å². The Morgan fingerprint density at radius 1 is 1.13 bits per heavy atom. The van der Waals surface area contributed by atoms with E-state index < -0.39 is 6.29 Å². The zero-order valence-electron chi connectivity index (χ0n) is 9.40. The topological polar surface area (TPSA) is 27.7 Å². The highest BCUT2D eigenvalue weighted by atomic mass is 16.7. The van der Waals surface area contributed by atoms with Gasteiger partial charge in [0.05, 0.1) is 0 Å². The molecule has 0 aromatic heterocycles. The molecule has 0 amide bonds. The summed E-state index contributed by atoms with van der Waals surface area (Å²) in [5.41, 5.74) is 0. The SMILES string of the molecule is CC[C](Oc1ccccc1)C(OC)OC. The largest absolute Gasteiger partial charge is 0.478 e. The Labute approximate surface area is 91.0 Å². The Morgan fingerprint density at radius 3 is 2.20 bits per heavy atom. The first kappa shape index (κ1) is 12.0. The molecular weight excluding hydrogens is 192 g/mol. The molecule has 3 heteroatoms. The molecule has 1 radical (unpaired) electrons. The predicted octanol–water partition coefficient (Wildman–Crippen LogP) is 2.63. The van der Waals surface area contributed by atoms with Crippen LogP contribution in [-0.4, -0.2) is 20.5 Å². The van der Waals surface area contributed by atoms with Crippen LogP contribution in [0.15, 0.2) is 30.3 Å². The molecule has 0 heterocycles. The van der Waals surface area contributed by atoms with E-state index in [2.05, 4.69) is 0 Å². The van der Waals surface area contributed by atoms with Crippen molar-refractivity contribution in [2.24, 2.45) is 0 Å². The zero-order valence-corrected chi connectivity index (χ0v) is 9.40. The van der Waals surface area contributed by atoms with Crippen molar-refractivity contribution in [2.45, 2.75) is 19.6 Å². The predicted molar refractivity (Wildman–Crippen MR) is 58.4 cm³/mol. The van der Waals surface area contributed by atoms with Crippen molar-refractivity contribution in [3.63, 3.8) is 0 Å². The number of ether oxygens (including phenoxy) is 3. The summed E-state index contributed by atoms with van der Waals surface area (Å²) < 4.78 is 16.0. The van der Waals surface area contributed by atoms with E-state index >= 15 is 0 Å². The van der Waals surface area contributed by atoms with E-state index in [-0.39, 0.29) is 0 Å². The summed E-state index contributed by atoms with van der Waals surface area (Å²) in [5, 5.41) is 0. The van der Waals surface area contributed by atoms with Crippen molar-refractivity contribution in [1.82, 2.24) is 0 Å². The lowest BCUT2D eigenvalue weighted by Gasteiger charge is -2.23. The Bertz CT molecular complexity index is 257. The van der Waals surface area contributed by atoms with Gasteiger partial charge in [0.1, 0.15) is 5.75 Å². The van der Waals surface area contributed by atoms with E-state index in [4.69, 9.17) is 14.2 Å². The minimum absolute atomic E-state index is 0.407. The second kappa shape index (κ2) is 6.43. The van der Waals surface area contributed by atoms with Crippen LogP contribution in [0.4, 0.5) is 0 Å². The first-order valence-electron chi connectivity index (χ1n) is 4.96. The van der Waals surface area contributed by atoms with Gasteiger partial charge in [0, 0.05) is 14.2 Å². The van der Waals surface area contributed by atoms with Crippen LogP contribution in [0, 0.1) is 6.10 Å². The molecule has 3 nitrogen and oxygen atoms in total. The van der Waals surface area contributed by atoms with Crippen LogP contribution < -0.4 is 4.74 Å². The Balaban J connectivity index is 2.61. The average molecular weight is 209 g/mol. The summed E-state index contributed by atoms with van der Waals surface area (Å²) in [7, 11) is 3.19. The molecule has 83 valence electrons. The van der Waals surface area contributed by atoms with Crippen LogP contribution in [0.25, 0.3) is 0 Å². The first-order valence-corrected chi connectivity index (χ1v) is 4.96. The quantitative estimate of drug-likeness (QED) is 0.674. The van der Waals surface area contributed by atoms with Crippen molar-refractivity contribution in [3.8, 4) is 5.75 Å². The van der Waals surface area contributed by atoms with Crippen LogP contribution >= 0.6 is 0 Å². The Hall–Kier alpha value is -1.06. The molecule has 0 saturated carbocycles. The van der Waals surface area contributed by atoms with Crippen molar-refractivity contribution in [2.75, 3.05) is 14.2 Å². The van der Waals surface area contributed by atoms with Crippen LogP contribution in [0.1, 0.15) is 13.3 Å². The highest BCUT2D eigenvalue weighted by molar-refractivity contribution is 5.22. The maximum Gasteiger partial charge on any atom is 0.203 e. The molecule has 0 aliphatic heterocycles. The zero-order chi connectivity index (χ0) is 11.1. The number of para-hydroxylation sites is 1. The lowest BCUT2D eigenvalue weighted by atomic mass is 10.2. The summed E-state index contributed by atoms with van der Waals surface area (Å²) in [6, 6.07) is 9.60. The monoisotopic (exact) mass is 209 g/mol. The molecule has 0 spiro atoms. The minimum atomic E-state index is -0.407. The lowest BCUT2D eigenvalue weighted by Crippen LogP contribution is -2.26. The summed E-state index contributed by atoms with van der Waals surface area (Å²) >= 11 is 0. The van der Waals surface area contributed by atoms with Crippen molar-refractivity contribution >= 4 is 0 Å². The lowest BCUT2D eigenvalue weighted by molar-refractivity contribution is -0.119. The fraction of sp³-hybridized carbons (Fsp3) is 0.417. The van der Waals surface area contributed by atoms with E-state index in [0.29, 0.717) is 0 Å². The molecule has 1 aromatic carbocycles. The minimum Gasteiger partial charge on any atom is -0.478 e. The molecule has 15 heavy (non-hydrogen) atoms. The molecule has 0 unspecified atom stereocenters.